The lowest BCUT2D eigenvalue weighted by molar-refractivity contribution is 0.0489. The molecule has 4 nitrogen and oxygen atoms in total. The van der Waals surface area contributed by atoms with E-state index in [0.717, 1.165) is 19.3 Å². The van der Waals surface area contributed by atoms with E-state index in [1.807, 2.05) is 0 Å². The normalized spacial score (nSPS) is 28.1. The van der Waals surface area contributed by atoms with E-state index in [4.69, 9.17) is 10.5 Å². The Morgan fingerprint density at radius 3 is 2.64 bits per heavy atom. The second-order valence-corrected chi connectivity index (χ2v) is 6.25. The van der Waals surface area contributed by atoms with E-state index in [1.165, 1.54) is 6.26 Å². The van der Waals surface area contributed by atoms with Crippen molar-refractivity contribution in [3.8, 4) is 0 Å². The van der Waals surface area contributed by atoms with Crippen LogP contribution in [0.25, 0.3) is 0 Å². The minimum atomic E-state index is -2.84. The summed E-state index contributed by atoms with van der Waals surface area (Å²) in [6.45, 7) is 0.505. The molecule has 5 heteroatoms. The summed E-state index contributed by atoms with van der Waals surface area (Å²) in [7, 11) is -2.84. The summed E-state index contributed by atoms with van der Waals surface area (Å²) < 4.78 is 27.1. The Labute approximate surface area is 85.7 Å². The van der Waals surface area contributed by atoms with Gasteiger partial charge < -0.3 is 10.5 Å². The lowest BCUT2D eigenvalue weighted by Crippen LogP contribution is -2.31. The highest BCUT2D eigenvalue weighted by molar-refractivity contribution is 7.90. The molecule has 14 heavy (non-hydrogen) atoms. The fourth-order valence-electron chi connectivity index (χ4n) is 1.72. The molecule has 2 N–H and O–H groups in total. The summed E-state index contributed by atoms with van der Waals surface area (Å²) in [5.74, 6) is 0.203. The summed E-state index contributed by atoms with van der Waals surface area (Å²) in [4.78, 5) is 0. The van der Waals surface area contributed by atoms with Gasteiger partial charge in [0.05, 0.1) is 11.9 Å². The van der Waals surface area contributed by atoms with Gasteiger partial charge in [0.15, 0.2) is 0 Å². The molecule has 0 heterocycles. The minimum absolute atomic E-state index is 0.147. The Balaban J connectivity index is 2.09. The summed E-state index contributed by atoms with van der Waals surface area (Å²) in [5, 5.41) is 0. The molecule has 1 saturated carbocycles. The molecule has 84 valence electrons. The van der Waals surface area contributed by atoms with E-state index >= 15 is 0 Å². The molecule has 0 amide bonds. The monoisotopic (exact) mass is 221 g/mol. The molecule has 1 aliphatic rings. The summed E-state index contributed by atoms with van der Waals surface area (Å²) in [6.07, 6.45) is 5.12. The van der Waals surface area contributed by atoms with Crippen LogP contribution >= 0.6 is 0 Å². The highest BCUT2D eigenvalue weighted by Crippen LogP contribution is 2.20. The van der Waals surface area contributed by atoms with Crippen molar-refractivity contribution < 1.29 is 13.2 Å². The van der Waals surface area contributed by atoms with Crippen LogP contribution in [0.2, 0.25) is 0 Å². The van der Waals surface area contributed by atoms with Gasteiger partial charge in [-0.25, -0.2) is 8.42 Å². The minimum Gasteiger partial charge on any atom is -0.377 e. The van der Waals surface area contributed by atoms with Gasteiger partial charge >= 0.3 is 0 Å². The van der Waals surface area contributed by atoms with Crippen LogP contribution in [0.15, 0.2) is 0 Å². The lowest BCUT2D eigenvalue weighted by atomic mass is 10.2. The number of ether oxygens (including phenoxy) is 1. The molecule has 0 spiro atoms. The molecule has 0 aromatic rings. The van der Waals surface area contributed by atoms with E-state index in [0.29, 0.717) is 13.0 Å². The molecule has 1 rings (SSSR count). The van der Waals surface area contributed by atoms with Gasteiger partial charge in [-0.15, -0.1) is 0 Å². The number of hydrogen-bond acceptors (Lipinski definition) is 4. The SMILES string of the molecule is CS(=O)(=O)CCCOC1CCCC1N. The molecular formula is C9H19NO3S. The molecule has 0 saturated heterocycles. The zero-order valence-corrected chi connectivity index (χ0v) is 9.42. The Hall–Kier alpha value is -0.130. The Kier molecular flexibility index (Phi) is 4.34. The first-order chi connectivity index (χ1) is 6.49. The first-order valence-corrected chi connectivity index (χ1v) is 7.10. The quantitative estimate of drug-likeness (QED) is 0.679. The molecular weight excluding hydrogens is 202 g/mol. The fourth-order valence-corrected chi connectivity index (χ4v) is 2.36. The third-order valence-electron chi connectivity index (χ3n) is 2.50. The van der Waals surface area contributed by atoms with Crippen molar-refractivity contribution in [3.05, 3.63) is 0 Å². The van der Waals surface area contributed by atoms with Crippen LogP contribution in [0, 0.1) is 0 Å². The van der Waals surface area contributed by atoms with Crippen molar-refractivity contribution in [2.24, 2.45) is 5.73 Å². The van der Waals surface area contributed by atoms with Crippen LogP contribution in [0.4, 0.5) is 0 Å². The van der Waals surface area contributed by atoms with Gasteiger partial charge in [0.2, 0.25) is 0 Å². The highest BCUT2D eigenvalue weighted by Gasteiger charge is 2.24. The maximum absolute atomic E-state index is 10.8. The first-order valence-electron chi connectivity index (χ1n) is 5.04. The van der Waals surface area contributed by atoms with Crippen LogP contribution < -0.4 is 5.73 Å². The highest BCUT2D eigenvalue weighted by atomic mass is 32.2. The van der Waals surface area contributed by atoms with Crippen LogP contribution in [0.1, 0.15) is 25.7 Å². The predicted molar refractivity (Wildman–Crippen MR) is 55.9 cm³/mol. The molecule has 0 aromatic heterocycles. The molecule has 0 bridgehead atoms. The molecule has 2 unspecified atom stereocenters. The van der Waals surface area contributed by atoms with Gasteiger partial charge in [0, 0.05) is 18.9 Å². The van der Waals surface area contributed by atoms with Crippen molar-refractivity contribution in [1.82, 2.24) is 0 Å². The van der Waals surface area contributed by atoms with Crippen LogP contribution in [0.3, 0.4) is 0 Å². The average molecular weight is 221 g/mol. The van der Waals surface area contributed by atoms with E-state index < -0.39 is 9.84 Å². The number of nitrogens with two attached hydrogens (primary N) is 1. The zero-order valence-electron chi connectivity index (χ0n) is 8.61. The topological polar surface area (TPSA) is 69.4 Å². The number of rotatable bonds is 5. The summed E-state index contributed by atoms with van der Waals surface area (Å²) in [6, 6.07) is 0.147. The van der Waals surface area contributed by atoms with Crippen molar-refractivity contribution in [2.75, 3.05) is 18.6 Å². The van der Waals surface area contributed by atoms with Crippen molar-refractivity contribution >= 4 is 9.84 Å². The maximum atomic E-state index is 10.8. The average Bonchev–Trinajstić information content (AvgIpc) is 2.44. The molecule has 1 aliphatic carbocycles. The van der Waals surface area contributed by atoms with Gasteiger partial charge in [0.25, 0.3) is 0 Å². The third kappa shape index (κ3) is 4.39. The smallest absolute Gasteiger partial charge is 0.147 e. The molecule has 1 fully saturated rings. The van der Waals surface area contributed by atoms with Gasteiger partial charge in [-0.1, -0.05) is 0 Å². The van der Waals surface area contributed by atoms with Crippen LogP contribution in [0.5, 0.6) is 0 Å². The first kappa shape index (κ1) is 11.9. The third-order valence-corrected chi connectivity index (χ3v) is 3.53. The van der Waals surface area contributed by atoms with Gasteiger partial charge in [-0.3, -0.25) is 0 Å². The van der Waals surface area contributed by atoms with E-state index in [9.17, 15) is 8.42 Å². The second kappa shape index (κ2) is 5.09. The van der Waals surface area contributed by atoms with Crippen molar-refractivity contribution in [2.45, 2.75) is 37.8 Å². The van der Waals surface area contributed by atoms with Gasteiger partial charge in [0.1, 0.15) is 9.84 Å². The predicted octanol–water partition coefficient (Wildman–Crippen LogP) is 0.318. The molecule has 2 atom stereocenters. The van der Waals surface area contributed by atoms with E-state index in [-0.39, 0.29) is 17.9 Å². The lowest BCUT2D eigenvalue weighted by Gasteiger charge is -2.15. The number of hydrogen-bond donors (Lipinski definition) is 1. The Morgan fingerprint density at radius 1 is 1.43 bits per heavy atom. The zero-order chi connectivity index (χ0) is 10.6. The largest absolute Gasteiger partial charge is 0.377 e. The van der Waals surface area contributed by atoms with Gasteiger partial charge in [-0.2, -0.15) is 0 Å². The van der Waals surface area contributed by atoms with Crippen molar-refractivity contribution in [1.29, 1.82) is 0 Å². The molecule has 0 radical (unpaired) electrons. The summed E-state index contributed by atoms with van der Waals surface area (Å²) in [5.41, 5.74) is 5.80. The van der Waals surface area contributed by atoms with E-state index in [1.54, 1.807) is 0 Å². The van der Waals surface area contributed by atoms with Gasteiger partial charge in [-0.05, 0) is 25.7 Å². The van der Waals surface area contributed by atoms with Crippen LogP contribution in [-0.2, 0) is 14.6 Å². The van der Waals surface area contributed by atoms with E-state index in [2.05, 4.69) is 0 Å². The fraction of sp³-hybridized carbons (Fsp3) is 1.00. The number of sulfone groups is 1. The maximum Gasteiger partial charge on any atom is 0.147 e. The van der Waals surface area contributed by atoms with Crippen LogP contribution in [-0.4, -0.2) is 39.2 Å². The second-order valence-electron chi connectivity index (χ2n) is 3.99. The molecule has 0 aromatic carbocycles. The molecule has 0 aliphatic heterocycles. The Morgan fingerprint density at radius 2 is 2.14 bits per heavy atom. The van der Waals surface area contributed by atoms with Crippen molar-refractivity contribution in [3.63, 3.8) is 0 Å². The standard InChI is InChI=1S/C9H19NO3S/c1-14(11,12)7-3-6-13-9-5-2-4-8(9)10/h8-9H,2-7,10H2,1H3. The Bertz CT molecular complexity index is 263. The summed E-state index contributed by atoms with van der Waals surface area (Å²) >= 11 is 0.